The molecule has 0 aliphatic rings. The molecule has 3 aromatic rings. The van der Waals surface area contributed by atoms with Crippen molar-refractivity contribution in [3.63, 3.8) is 0 Å². The lowest BCUT2D eigenvalue weighted by molar-refractivity contribution is -0.117. The van der Waals surface area contributed by atoms with E-state index in [9.17, 15) is 9.18 Å². The van der Waals surface area contributed by atoms with Gasteiger partial charge in [0.25, 0.3) is 0 Å². The Bertz CT molecular complexity index is 967. The van der Waals surface area contributed by atoms with Crippen LogP contribution in [0.2, 0.25) is 0 Å². The van der Waals surface area contributed by atoms with E-state index in [4.69, 9.17) is 4.74 Å². The second kappa shape index (κ2) is 9.82. The maximum atomic E-state index is 14.3. The summed E-state index contributed by atoms with van der Waals surface area (Å²) < 4.78 is 22.2. The van der Waals surface area contributed by atoms with Crippen LogP contribution in [-0.2, 0) is 16.1 Å². The van der Waals surface area contributed by atoms with Gasteiger partial charge in [-0.25, -0.2) is 4.39 Å². The molecule has 2 aromatic carbocycles. The molecular weight excluding hydrogens is 383 g/mol. The van der Waals surface area contributed by atoms with Crippen molar-refractivity contribution in [1.29, 1.82) is 0 Å². The van der Waals surface area contributed by atoms with Gasteiger partial charge in [0.1, 0.15) is 5.82 Å². The molecule has 0 spiro atoms. The van der Waals surface area contributed by atoms with Crippen LogP contribution in [0.1, 0.15) is 13.3 Å². The van der Waals surface area contributed by atoms with Crippen LogP contribution in [0, 0.1) is 5.82 Å². The Morgan fingerprint density at radius 2 is 2.04 bits per heavy atom. The summed E-state index contributed by atoms with van der Waals surface area (Å²) in [6.45, 7) is 3.41. The summed E-state index contributed by atoms with van der Waals surface area (Å²) in [4.78, 5) is 18.2. The van der Waals surface area contributed by atoms with Crippen LogP contribution in [0.3, 0.4) is 0 Å². The zero-order chi connectivity index (χ0) is 19.1. The highest BCUT2D eigenvalue weighted by Gasteiger charge is 2.12. The molecule has 27 heavy (non-hydrogen) atoms. The van der Waals surface area contributed by atoms with Crippen LogP contribution in [0.4, 0.5) is 4.39 Å². The van der Waals surface area contributed by atoms with E-state index >= 15 is 0 Å². The van der Waals surface area contributed by atoms with Crippen molar-refractivity contribution in [3.05, 3.63) is 59.1 Å². The molecule has 0 fully saturated rings. The Morgan fingerprint density at radius 1 is 1.22 bits per heavy atom. The van der Waals surface area contributed by atoms with Crippen molar-refractivity contribution < 1.29 is 13.9 Å². The predicted molar refractivity (Wildman–Crippen MR) is 109 cm³/mol. The number of halogens is 1. The number of hydrogen-bond donors (Lipinski definition) is 0. The molecular formula is C20H21FN2O2S2. The first-order valence-electron chi connectivity index (χ1n) is 8.80. The van der Waals surface area contributed by atoms with Crippen LogP contribution in [0.25, 0.3) is 10.2 Å². The van der Waals surface area contributed by atoms with Crippen LogP contribution in [0.5, 0.6) is 0 Å². The van der Waals surface area contributed by atoms with E-state index in [1.807, 2.05) is 43.3 Å². The van der Waals surface area contributed by atoms with Gasteiger partial charge in [0.2, 0.25) is 5.91 Å². The minimum absolute atomic E-state index is 0.199. The number of benzene rings is 2. The lowest BCUT2D eigenvalue weighted by Crippen LogP contribution is -2.20. The van der Waals surface area contributed by atoms with E-state index < -0.39 is 0 Å². The minimum Gasteiger partial charge on any atom is -0.380 e. The molecule has 4 nitrogen and oxygen atoms in total. The predicted octanol–water partition coefficient (Wildman–Crippen LogP) is 4.49. The number of hydrogen-bond acceptors (Lipinski definition) is 4. The summed E-state index contributed by atoms with van der Waals surface area (Å²) in [6, 6.07) is 14.9. The second-order valence-corrected chi connectivity index (χ2v) is 7.91. The third kappa shape index (κ3) is 5.28. The fraction of sp³-hybridized carbons (Fsp3) is 0.300. The topological polar surface area (TPSA) is 43.6 Å². The molecule has 1 amide bonds. The third-order valence-electron chi connectivity index (χ3n) is 3.86. The van der Waals surface area contributed by atoms with Crippen LogP contribution < -0.4 is 4.80 Å². The van der Waals surface area contributed by atoms with E-state index in [-0.39, 0.29) is 11.7 Å². The Morgan fingerprint density at radius 3 is 2.81 bits per heavy atom. The van der Waals surface area contributed by atoms with Crippen molar-refractivity contribution in [1.82, 2.24) is 4.57 Å². The standard InChI is InChI=1S/C20H21FN2O2S2/c1-2-25-13-12-23-19-16(21)9-6-10-17(19)27-20(23)22-18(24)11-14-26-15-7-4-3-5-8-15/h3-10H,2,11-14H2,1H3. The Labute approximate surface area is 165 Å². The highest BCUT2D eigenvalue weighted by atomic mass is 32.2. The van der Waals surface area contributed by atoms with Gasteiger partial charge in [-0.2, -0.15) is 4.99 Å². The number of rotatable bonds is 8. The summed E-state index contributed by atoms with van der Waals surface area (Å²) in [5, 5.41) is 0. The van der Waals surface area contributed by atoms with Crippen molar-refractivity contribution in [2.24, 2.45) is 4.99 Å². The number of aromatic nitrogens is 1. The molecule has 0 radical (unpaired) electrons. The number of thiazole rings is 1. The van der Waals surface area contributed by atoms with Crippen molar-refractivity contribution in [3.8, 4) is 0 Å². The van der Waals surface area contributed by atoms with Crippen molar-refractivity contribution in [2.75, 3.05) is 19.0 Å². The summed E-state index contributed by atoms with van der Waals surface area (Å²) in [6.07, 6.45) is 0.335. The molecule has 3 rings (SSSR count). The molecule has 0 saturated heterocycles. The number of para-hydroxylation sites is 1. The average Bonchev–Trinajstić information content (AvgIpc) is 3.01. The van der Waals surface area contributed by atoms with Gasteiger partial charge < -0.3 is 9.30 Å². The number of nitrogens with zero attached hydrogens (tertiary/aromatic N) is 2. The zero-order valence-electron chi connectivity index (χ0n) is 15.1. The molecule has 0 saturated carbocycles. The SMILES string of the molecule is CCOCCn1c(=NC(=O)CCSc2ccccc2)sc2cccc(F)c21. The Kier molecular flexibility index (Phi) is 7.20. The lowest BCUT2D eigenvalue weighted by Gasteiger charge is -2.06. The van der Waals surface area contributed by atoms with Gasteiger partial charge in [0.15, 0.2) is 4.80 Å². The summed E-state index contributed by atoms with van der Waals surface area (Å²) >= 11 is 2.95. The quantitative estimate of drug-likeness (QED) is 0.410. The molecule has 7 heteroatoms. The van der Waals surface area contributed by atoms with E-state index in [1.165, 1.54) is 17.4 Å². The highest BCUT2D eigenvalue weighted by Crippen LogP contribution is 2.21. The maximum absolute atomic E-state index is 14.3. The van der Waals surface area contributed by atoms with Crippen LogP contribution in [0.15, 0.2) is 58.4 Å². The number of carbonyl (C=O) groups is 1. The lowest BCUT2D eigenvalue weighted by atomic mass is 10.3. The maximum Gasteiger partial charge on any atom is 0.249 e. The number of ether oxygens (including phenoxy) is 1. The molecule has 0 unspecified atom stereocenters. The Balaban J connectivity index is 1.78. The number of fused-ring (bicyclic) bond motifs is 1. The number of carbonyl (C=O) groups excluding carboxylic acids is 1. The van der Waals surface area contributed by atoms with Crippen molar-refractivity contribution in [2.45, 2.75) is 24.8 Å². The van der Waals surface area contributed by atoms with Crippen molar-refractivity contribution >= 4 is 39.2 Å². The molecule has 1 heterocycles. The fourth-order valence-electron chi connectivity index (χ4n) is 2.62. The number of thioether (sulfide) groups is 1. The average molecular weight is 405 g/mol. The van der Waals surface area contributed by atoms with Crippen LogP contribution in [-0.4, -0.2) is 29.4 Å². The van der Waals surface area contributed by atoms with Gasteiger partial charge in [0.05, 0.1) is 16.8 Å². The van der Waals surface area contributed by atoms with E-state index in [1.54, 1.807) is 22.4 Å². The van der Waals surface area contributed by atoms with E-state index in [2.05, 4.69) is 4.99 Å². The van der Waals surface area contributed by atoms with Crippen LogP contribution >= 0.6 is 23.1 Å². The first-order chi connectivity index (χ1) is 13.2. The molecule has 0 bridgehead atoms. The van der Waals surface area contributed by atoms with E-state index in [0.29, 0.717) is 42.3 Å². The fourth-order valence-corrected chi connectivity index (χ4v) is 4.57. The minimum atomic E-state index is -0.311. The molecule has 0 atom stereocenters. The summed E-state index contributed by atoms with van der Waals surface area (Å²) in [5.74, 6) is 0.147. The first-order valence-corrected chi connectivity index (χ1v) is 10.6. The van der Waals surface area contributed by atoms with Gasteiger partial charge in [-0.3, -0.25) is 4.79 Å². The summed E-state index contributed by atoms with van der Waals surface area (Å²) in [5.41, 5.74) is 0.479. The van der Waals surface area contributed by atoms with E-state index in [0.717, 1.165) is 9.60 Å². The first kappa shape index (κ1) is 19.8. The molecule has 0 aliphatic heterocycles. The largest absolute Gasteiger partial charge is 0.380 e. The van der Waals surface area contributed by atoms with Gasteiger partial charge in [-0.15, -0.1) is 11.8 Å². The Hall–Kier alpha value is -1.96. The molecule has 1 aromatic heterocycles. The second-order valence-electron chi connectivity index (χ2n) is 5.74. The molecule has 0 aliphatic carbocycles. The normalized spacial score (nSPS) is 12.0. The third-order valence-corrected chi connectivity index (χ3v) is 5.92. The summed E-state index contributed by atoms with van der Waals surface area (Å²) in [7, 11) is 0. The monoisotopic (exact) mass is 404 g/mol. The van der Waals surface area contributed by atoms with Gasteiger partial charge >= 0.3 is 0 Å². The molecule has 142 valence electrons. The molecule has 0 N–H and O–H groups in total. The van der Waals surface area contributed by atoms with Gasteiger partial charge in [-0.1, -0.05) is 35.6 Å². The van der Waals surface area contributed by atoms with Gasteiger partial charge in [-0.05, 0) is 31.2 Å². The smallest absolute Gasteiger partial charge is 0.249 e. The number of amides is 1. The van der Waals surface area contributed by atoms with Gasteiger partial charge in [0, 0.05) is 30.2 Å². The zero-order valence-corrected chi connectivity index (χ0v) is 16.7. The highest BCUT2D eigenvalue weighted by molar-refractivity contribution is 7.99.